The smallest absolute Gasteiger partial charge is 0.0615 e. The van der Waals surface area contributed by atoms with E-state index in [-0.39, 0.29) is 11.1 Å². The molecule has 2 heteroatoms. The molecule has 0 spiro atoms. The molecular weight excluding hydrogens is 220 g/mol. The normalized spacial score (nSPS) is 19.4. The second-order valence-corrected chi connectivity index (χ2v) is 6.76. The Morgan fingerprint density at radius 1 is 0.556 bits per heavy atom. The van der Waals surface area contributed by atoms with Gasteiger partial charge in [0.25, 0.3) is 0 Å². The first-order chi connectivity index (χ1) is 8.21. The molecule has 0 aromatic carbocycles. The maximum atomic E-state index is 3.28. The van der Waals surface area contributed by atoms with E-state index in [9.17, 15) is 0 Å². The summed E-state index contributed by atoms with van der Waals surface area (Å²) in [5, 5.41) is 0. The van der Waals surface area contributed by atoms with Crippen molar-refractivity contribution in [3.05, 3.63) is 0 Å². The van der Waals surface area contributed by atoms with Crippen LogP contribution in [0.25, 0.3) is 0 Å². The highest BCUT2D eigenvalue weighted by Gasteiger charge is 2.21. The Hall–Kier alpha value is -0.960. The molecular formula is C16H26N2. The molecule has 1 heterocycles. The van der Waals surface area contributed by atoms with E-state index >= 15 is 0 Å². The van der Waals surface area contributed by atoms with Gasteiger partial charge in [-0.1, -0.05) is 23.7 Å². The van der Waals surface area contributed by atoms with Gasteiger partial charge in [0, 0.05) is 11.1 Å². The zero-order valence-electron chi connectivity index (χ0n) is 12.7. The maximum Gasteiger partial charge on any atom is 0.0615 e. The van der Waals surface area contributed by atoms with E-state index in [1.54, 1.807) is 0 Å². The van der Waals surface area contributed by atoms with Crippen LogP contribution in [0.15, 0.2) is 0 Å². The van der Waals surface area contributed by atoms with Gasteiger partial charge >= 0.3 is 0 Å². The summed E-state index contributed by atoms with van der Waals surface area (Å²) in [6.45, 7) is 16.5. The zero-order valence-corrected chi connectivity index (χ0v) is 12.7. The van der Waals surface area contributed by atoms with E-state index in [4.69, 9.17) is 0 Å². The number of hydrogen-bond donors (Lipinski definition) is 0. The molecule has 0 saturated heterocycles. The molecule has 100 valence electrons. The monoisotopic (exact) mass is 246 g/mol. The largest absolute Gasteiger partial charge is 0.276 e. The van der Waals surface area contributed by atoms with Crippen LogP contribution in [0.3, 0.4) is 0 Å². The Balaban J connectivity index is 2.78. The Morgan fingerprint density at radius 3 is 0.944 bits per heavy atom. The highest BCUT2D eigenvalue weighted by Crippen LogP contribution is 2.13. The molecule has 0 fully saturated rings. The Bertz CT molecular complexity index is 327. The fraction of sp³-hybridized carbons (Fsp3) is 0.750. The molecule has 0 aliphatic carbocycles. The van der Waals surface area contributed by atoms with Crippen LogP contribution in [0.5, 0.6) is 0 Å². The molecule has 1 aliphatic heterocycles. The molecule has 1 rings (SSSR count). The number of nitrogens with zero attached hydrogens (tertiary/aromatic N) is 2. The molecule has 0 bridgehead atoms. The Morgan fingerprint density at radius 2 is 0.778 bits per heavy atom. The highest BCUT2D eigenvalue weighted by atomic mass is 15.2. The lowest BCUT2D eigenvalue weighted by Gasteiger charge is -2.34. The summed E-state index contributed by atoms with van der Waals surface area (Å²) in [5.74, 6) is 13.1. The average molecular weight is 246 g/mol. The van der Waals surface area contributed by atoms with Crippen molar-refractivity contribution in [2.75, 3.05) is 26.2 Å². The van der Waals surface area contributed by atoms with Crippen LogP contribution in [-0.4, -0.2) is 47.1 Å². The summed E-state index contributed by atoms with van der Waals surface area (Å²) < 4.78 is 0. The first-order valence-corrected chi connectivity index (χ1v) is 6.63. The van der Waals surface area contributed by atoms with E-state index in [1.165, 1.54) is 0 Å². The number of rotatable bonds is 0. The van der Waals surface area contributed by atoms with Crippen LogP contribution < -0.4 is 0 Å². The highest BCUT2D eigenvalue weighted by molar-refractivity contribution is 5.12. The summed E-state index contributed by atoms with van der Waals surface area (Å²) in [4.78, 5) is 4.64. The maximum absolute atomic E-state index is 3.28. The third-order valence-corrected chi connectivity index (χ3v) is 3.23. The van der Waals surface area contributed by atoms with Gasteiger partial charge in [0.05, 0.1) is 26.2 Å². The Kier molecular flexibility index (Phi) is 4.85. The minimum atomic E-state index is 0.131. The molecule has 1 aliphatic rings. The molecule has 0 radical (unpaired) electrons. The molecule has 2 nitrogen and oxygen atoms in total. The fourth-order valence-electron chi connectivity index (χ4n) is 1.67. The van der Waals surface area contributed by atoms with Crippen LogP contribution in [0.1, 0.15) is 41.5 Å². The number of hydrogen-bond acceptors (Lipinski definition) is 2. The van der Waals surface area contributed by atoms with Gasteiger partial charge in [-0.15, -0.1) is 0 Å². The molecule has 0 saturated carbocycles. The van der Waals surface area contributed by atoms with Gasteiger partial charge in [0.15, 0.2) is 0 Å². The zero-order chi connectivity index (χ0) is 13.8. The van der Waals surface area contributed by atoms with Crippen LogP contribution in [0, 0.1) is 23.7 Å². The van der Waals surface area contributed by atoms with Crippen LogP contribution in [0.2, 0.25) is 0 Å². The molecule has 0 unspecified atom stereocenters. The van der Waals surface area contributed by atoms with Gasteiger partial charge in [0.1, 0.15) is 0 Å². The second-order valence-electron chi connectivity index (χ2n) is 6.76. The standard InChI is InChI=1S/C16H26N2/c1-15(2,3)17-11-7-9-13-18(16(4,5)6)14-10-8-12-17/h11-14H2,1-6H3. The average Bonchev–Trinajstić information content (AvgIpc) is 2.22. The van der Waals surface area contributed by atoms with Crippen molar-refractivity contribution in [2.45, 2.75) is 52.6 Å². The van der Waals surface area contributed by atoms with E-state index < -0.39 is 0 Å². The first-order valence-electron chi connectivity index (χ1n) is 6.63. The van der Waals surface area contributed by atoms with Crippen molar-refractivity contribution >= 4 is 0 Å². The SMILES string of the molecule is CC(C)(C)N1CC#CCN(C(C)(C)C)CC#CC1. The van der Waals surface area contributed by atoms with Crippen molar-refractivity contribution in [1.29, 1.82) is 0 Å². The van der Waals surface area contributed by atoms with Crippen LogP contribution in [0.4, 0.5) is 0 Å². The van der Waals surface area contributed by atoms with Gasteiger partial charge in [0.2, 0.25) is 0 Å². The molecule has 0 aromatic rings. The summed E-state index contributed by atoms with van der Waals surface area (Å²) in [5.41, 5.74) is 0.262. The predicted molar refractivity (Wildman–Crippen MR) is 78.2 cm³/mol. The van der Waals surface area contributed by atoms with Crippen LogP contribution >= 0.6 is 0 Å². The minimum absolute atomic E-state index is 0.131. The van der Waals surface area contributed by atoms with Crippen molar-refractivity contribution < 1.29 is 0 Å². The summed E-state index contributed by atoms with van der Waals surface area (Å²) in [6.07, 6.45) is 0. The third-order valence-electron chi connectivity index (χ3n) is 3.23. The van der Waals surface area contributed by atoms with E-state index in [0.29, 0.717) is 0 Å². The lowest BCUT2D eigenvalue weighted by Crippen LogP contribution is -2.43. The Labute approximate surface area is 113 Å². The summed E-state index contributed by atoms with van der Waals surface area (Å²) in [6, 6.07) is 0. The summed E-state index contributed by atoms with van der Waals surface area (Å²) >= 11 is 0. The van der Waals surface area contributed by atoms with E-state index in [2.05, 4.69) is 75.0 Å². The van der Waals surface area contributed by atoms with Gasteiger partial charge in [-0.3, -0.25) is 9.80 Å². The first kappa shape index (κ1) is 15.1. The van der Waals surface area contributed by atoms with Gasteiger partial charge in [-0.05, 0) is 41.5 Å². The van der Waals surface area contributed by atoms with Gasteiger partial charge in [-0.25, -0.2) is 0 Å². The topological polar surface area (TPSA) is 6.48 Å². The lowest BCUT2D eigenvalue weighted by atomic mass is 10.1. The van der Waals surface area contributed by atoms with Crippen molar-refractivity contribution in [3.8, 4) is 23.7 Å². The van der Waals surface area contributed by atoms with Crippen LogP contribution in [-0.2, 0) is 0 Å². The molecule has 18 heavy (non-hydrogen) atoms. The van der Waals surface area contributed by atoms with Crippen molar-refractivity contribution in [3.63, 3.8) is 0 Å². The van der Waals surface area contributed by atoms with E-state index in [0.717, 1.165) is 26.2 Å². The summed E-state index contributed by atoms with van der Waals surface area (Å²) in [7, 11) is 0. The van der Waals surface area contributed by atoms with Gasteiger partial charge < -0.3 is 0 Å². The fourth-order valence-corrected chi connectivity index (χ4v) is 1.67. The predicted octanol–water partition coefficient (Wildman–Crippen LogP) is 2.21. The third kappa shape index (κ3) is 4.73. The molecule has 0 atom stereocenters. The molecule has 0 N–H and O–H groups in total. The van der Waals surface area contributed by atoms with Crippen molar-refractivity contribution in [2.24, 2.45) is 0 Å². The van der Waals surface area contributed by atoms with Gasteiger partial charge in [-0.2, -0.15) is 0 Å². The molecule has 0 aromatic heterocycles. The minimum Gasteiger partial charge on any atom is -0.276 e. The van der Waals surface area contributed by atoms with E-state index in [1.807, 2.05) is 0 Å². The molecule has 0 amide bonds. The quantitative estimate of drug-likeness (QED) is 0.605. The second kappa shape index (κ2) is 5.79. The lowest BCUT2D eigenvalue weighted by molar-refractivity contribution is 0.172. The van der Waals surface area contributed by atoms with Crippen molar-refractivity contribution in [1.82, 2.24) is 9.80 Å².